The van der Waals surface area contributed by atoms with Gasteiger partial charge < -0.3 is 25.4 Å². The summed E-state index contributed by atoms with van der Waals surface area (Å²) in [5.41, 5.74) is 5.33. The summed E-state index contributed by atoms with van der Waals surface area (Å²) in [6.07, 6.45) is 4.31. The number of amides is 2. The van der Waals surface area contributed by atoms with Crippen LogP contribution in [-0.4, -0.2) is 85.0 Å². The highest BCUT2D eigenvalue weighted by Crippen LogP contribution is 2.32. The standard InChI is InChI=1S/C38H56N6O3/c1-9-44(31-14-12-30(13-15-31)41-35(45)24-38(5,6)7)34-23-29(11-10-16-43-19-17-42(8)18-20-43)22-32(28(34)4)36(46)39-25-33-26(2)21-27(3)40-37(33)47/h21-23,30-31H,9,12-20,24-25H2,1-8H3,(H,39,46)(H,40,47)(H,41,45). The molecule has 47 heavy (non-hydrogen) atoms. The van der Waals surface area contributed by atoms with E-state index in [1.807, 2.05) is 32.9 Å². The maximum atomic E-state index is 13.8. The minimum Gasteiger partial charge on any atom is -0.369 e. The summed E-state index contributed by atoms with van der Waals surface area (Å²) in [5.74, 6) is 6.67. The number of nitrogens with one attached hydrogen (secondary N) is 3. The van der Waals surface area contributed by atoms with Gasteiger partial charge in [0.25, 0.3) is 11.5 Å². The first-order valence-corrected chi connectivity index (χ1v) is 17.3. The van der Waals surface area contributed by atoms with E-state index in [1.54, 1.807) is 0 Å². The molecule has 1 aliphatic carbocycles. The van der Waals surface area contributed by atoms with Crippen LogP contribution in [0, 0.1) is 38.0 Å². The Morgan fingerprint density at radius 2 is 1.70 bits per heavy atom. The van der Waals surface area contributed by atoms with Gasteiger partial charge in [0.2, 0.25) is 5.91 Å². The molecule has 1 aliphatic heterocycles. The SMILES string of the molecule is CCN(c1cc(C#CCN2CCN(C)CC2)cc(C(=O)NCc2c(C)cc(C)[nH]c2=O)c1C)C1CCC(NC(=O)CC(C)(C)C)CC1. The molecular weight excluding hydrogens is 588 g/mol. The maximum Gasteiger partial charge on any atom is 0.253 e. The van der Waals surface area contributed by atoms with Gasteiger partial charge in [-0.05, 0) is 95.2 Å². The highest BCUT2D eigenvalue weighted by Gasteiger charge is 2.29. The number of hydrogen-bond acceptors (Lipinski definition) is 6. The summed E-state index contributed by atoms with van der Waals surface area (Å²) < 4.78 is 0. The molecule has 0 radical (unpaired) electrons. The number of aryl methyl sites for hydroxylation is 2. The molecule has 2 amide bonds. The van der Waals surface area contributed by atoms with Crippen molar-refractivity contribution in [3.05, 3.63) is 62.1 Å². The van der Waals surface area contributed by atoms with Gasteiger partial charge in [-0.3, -0.25) is 19.3 Å². The third kappa shape index (κ3) is 10.2. The van der Waals surface area contributed by atoms with Crippen molar-refractivity contribution in [3.8, 4) is 11.8 Å². The molecule has 2 fully saturated rings. The van der Waals surface area contributed by atoms with Crippen molar-refractivity contribution >= 4 is 17.5 Å². The molecule has 0 spiro atoms. The number of H-pyrrole nitrogens is 1. The molecule has 9 heteroatoms. The number of aromatic amines is 1. The third-order valence-corrected chi connectivity index (χ3v) is 9.52. The Balaban J connectivity index is 1.56. The molecule has 0 atom stereocenters. The molecule has 1 saturated carbocycles. The quantitative estimate of drug-likeness (QED) is 0.348. The zero-order valence-corrected chi connectivity index (χ0v) is 29.9. The van der Waals surface area contributed by atoms with Crippen LogP contribution >= 0.6 is 0 Å². The second-order valence-electron chi connectivity index (χ2n) is 14.8. The first kappa shape index (κ1) is 36.2. The number of pyridine rings is 1. The van der Waals surface area contributed by atoms with E-state index in [4.69, 9.17) is 0 Å². The second-order valence-corrected chi connectivity index (χ2v) is 14.8. The van der Waals surface area contributed by atoms with Gasteiger partial charge in [0.1, 0.15) is 0 Å². The summed E-state index contributed by atoms with van der Waals surface area (Å²) >= 11 is 0. The first-order chi connectivity index (χ1) is 22.2. The minimum absolute atomic E-state index is 0.0328. The second kappa shape index (κ2) is 16.0. The number of carbonyl (C=O) groups is 2. The number of hydrogen-bond donors (Lipinski definition) is 3. The molecule has 0 bridgehead atoms. The lowest BCUT2D eigenvalue weighted by Gasteiger charge is -2.39. The predicted molar refractivity (Wildman–Crippen MR) is 191 cm³/mol. The van der Waals surface area contributed by atoms with Crippen molar-refractivity contribution in [1.82, 2.24) is 25.4 Å². The van der Waals surface area contributed by atoms with E-state index < -0.39 is 0 Å². The molecule has 1 aromatic carbocycles. The molecular formula is C38H56N6O3. The average molecular weight is 645 g/mol. The van der Waals surface area contributed by atoms with Crippen LogP contribution < -0.4 is 21.1 Å². The number of piperazine rings is 1. The molecule has 9 nitrogen and oxygen atoms in total. The number of rotatable bonds is 9. The van der Waals surface area contributed by atoms with Crippen LogP contribution in [0.3, 0.4) is 0 Å². The third-order valence-electron chi connectivity index (χ3n) is 9.52. The van der Waals surface area contributed by atoms with Crippen molar-refractivity contribution in [3.63, 3.8) is 0 Å². The van der Waals surface area contributed by atoms with Crippen LogP contribution in [0.2, 0.25) is 0 Å². The fourth-order valence-electron chi connectivity index (χ4n) is 6.85. The van der Waals surface area contributed by atoms with E-state index in [0.29, 0.717) is 30.1 Å². The fourth-order valence-corrected chi connectivity index (χ4v) is 6.85. The monoisotopic (exact) mass is 644 g/mol. The molecule has 2 aliphatic rings. The lowest BCUT2D eigenvalue weighted by molar-refractivity contribution is -0.123. The molecule has 0 unspecified atom stereocenters. The normalized spacial score (nSPS) is 19.1. The van der Waals surface area contributed by atoms with Gasteiger partial charge >= 0.3 is 0 Å². The number of carbonyl (C=O) groups excluding carboxylic acids is 2. The van der Waals surface area contributed by atoms with Crippen molar-refractivity contribution in [1.29, 1.82) is 0 Å². The van der Waals surface area contributed by atoms with Crippen molar-refractivity contribution in [2.75, 3.05) is 51.2 Å². The fraction of sp³-hybridized carbons (Fsp3) is 0.605. The Bertz CT molecular complexity index is 1530. The zero-order chi connectivity index (χ0) is 34.3. The van der Waals surface area contributed by atoms with Gasteiger partial charge in [0.05, 0.1) is 6.54 Å². The summed E-state index contributed by atoms with van der Waals surface area (Å²) in [7, 11) is 2.15. The molecule has 1 saturated heterocycles. The number of likely N-dealkylation sites (N-methyl/N-ethyl adjacent to an activating group) is 1. The summed E-state index contributed by atoms with van der Waals surface area (Å²) in [6, 6.07) is 6.45. The lowest BCUT2D eigenvalue weighted by atomic mass is 9.88. The molecule has 3 N–H and O–H groups in total. The summed E-state index contributed by atoms with van der Waals surface area (Å²) in [4.78, 5) is 49.0. The van der Waals surface area contributed by atoms with Gasteiger partial charge in [-0.1, -0.05) is 32.6 Å². The Labute approximate surface area is 281 Å². The maximum absolute atomic E-state index is 13.8. The van der Waals surface area contributed by atoms with Gasteiger partial charge in [-0.15, -0.1) is 0 Å². The highest BCUT2D eigenvalue weighted by molar-refractivity contribution is 5.97. The van der Waals surface area contributed by atoms with Crippen LogP contribution in [0.25, 0.3) is 0 Å². The van der Waals surface area contributed by atoms with Crippen LogP contribution in [-0.2, 0) is 11.3 Å². The van der Waals surface area contributed by atoms with Crippen molar-refractivity contribution < 1.29 is 9.59 Å². The van der Waals surface area contributed by atoms with E-state index in [9.17, 15) is 14.4 Å². The molecule has 2 heterocycles. The average Bonchev–Trinajstić information content (AvgIpc) is 2.99. The summed E-state index contributed by atoms with van der Waals surface area (Å²) in [6.45, 7) is 19.9. The van der Waals surface area contributed by atoms with Gasteiger partial charge in [-0.25, -0.2) is 0 Å². The Morgan fingerprint density at radius 3 is 2.32 bits per heavy atom. The van der Waals surface area contributed by atoms with Crippen LogP contribution in [0.1, 0.15) is 98.1 Å². The molecule has 4 rings (SSSR count). The van der Waals surface area contributed by atoms with E-state index >= 15 is 0 Å². The summed E-state index contributed by atoms with van der Waals surface area (Å²) in [5, 5.41) is 6.29. The van der Waals surface area contributed by atoms with Crippen LogP contribution in [0.4, 0.5) is 5.69 Å². The minimum atomic E-state index is -0.216. The van der Waals surface area contributed by atoms with Crippen LogP contribution in [0.5, 0.6) is 0 Å². The zero-order valence-electron chi connectivity index (χ0n) is 29.9. The van der Waals surface area contributed by atoms with Crippen LogP contribution in [0.15, 0.2) is 23.0 Å². The predicted octanol–water partition coefficient (Wildman–Crippen LogP) is 4.52. The van der Waals surface area contributed by atoms with E-state index in [0.717, 1.165) is 86.5 Å². The number of aromatic nitrogens is 1. The number of nitrogens with zero attached hydrogens (tertiary/aromatic N) is 3. The number of anilines is 1. The largest absolute Gasteiger partial charge is 0.369 e. The lowest BCUT2D eigenvalue weighted by Crippen LogP contribution is -2.45. The van der Waals surface area contributed by atoms with Gasteiger partial charge in [-0.2, -0.15) is 0 Å². The molecule has 2 aromatic rings. The van der Waals surface area contributed by atoms with E-state index in [1.165, 1.54) is 0 Å². The van der Waals surface area contributed by atoms with Crippen molar-refractivity contribution in [2.45, 2.75) is 99.2 Å². The van der Waals surface area contributed by atoms with E-state index in [-0.39, 0.29) is 35.4 Å². The smallest absolute Gasteiger partial charge is 0.253 e. The Kier molecular flexibility index (Phi) is 12.3. The van der Waals surface area contributed by atoms with Gasteiger partial charge in [0, 0.05) is 85.8 Å². The molecule has 256 valence electrons. The molecule has 1 aromatic heterocycles. The number of benzene rings is 1. The van der Waals surface area contributed by atoms with Crippen molar-refractivity contribution in [2.24, 2.45) is 5.41 Å². The highest BCUT2D eigenvalue weighted by atomic mass is 16.2. The Hall–Kier alpha value is -3.61. The van der Waals surface area contributed by atoms with Gasteiger partial charge in [0.15, 0.2) is 0 Å². The first-order valence-electron chi connectivity index (χ1n) is 17.3. The topological polar surface area (TPSA) is 101 Å². The van der Waals surface area contributed by atoms with E-state index in [2.05, 4.69) is 83.0 Å². The Morgan fingerprint density at radius 1 is 1.02 bits per heavy atom.